The Morgan fingerprint density at radius 3 is 2.00 bits per heavy atom. The number of azide groups is 1. The molecule has 0 aromatic heterocycles. The molecule has 0 aliphatic rings. The summed E-state index contributed by atoms with van der Waals surface area (Å²) in [5.74, 6) is 0. The normalized spacial score (nSPS) is 13.5. The Labute approximate surface area is 144 Å². The van der Waals surface area contributed by atoms with Crippen LogP contribution in [0.3, 0.4) is 0 Å². The van der Waals surface area contributed by atoms with E-state index >= 15 is 0 Å². The van der Waals surface area contributed by atoms with Crippen molar-refractivity contribution in [3.63, 3.8) is 0 Å². The fourth-order valence-electron chi connectivity index (χ4n) is 1.77. The summed E-state index contributed by atoms with van der Waals surface area (Å²) in [5.41, 5.74) is 8.39. The van der Waals surface area contributed by atoms with Crippen molar-refractivity contribution in [1.29, 1.82) is 0 Å². The van der Waals surface area contributed by atoms with Gasteiger partial charge in [0.05, 0.1) is 71.6 Å². The Morgan fingerprint density at radius 1 is 0.833 bits per heavy atom. The fraction of sp³-hybridized carbons (Fsp3) is 1.00. The summed E-state index contributed by atoms with van der Waals surface area (Å²) < 4.78 is 32.0. The van der Waals surface area contributed by atoms with Crippen LogP contribution >= 0.6 is 0 Å². The first-order valence-corrected chi connectivity index (χ1v) is 8.15. The van der Waals surface area contributed by atoms with Crippen LogP contribution in [0, 0.1) is 0 Å². The molecule has 0 spiro atoms. The van der Waals surface area contributed by atoms with Crippen LogP contribution in [0.5, 0.6) is 0 Å². The monoisotopic (exact) mass is 349 g/mol. The highest BCUT2D eigenvalue weighted by Crippen LogP contribution is 2.05. The van der Waals surface area contributed by atoms with Crippen LogP contribution in [0.4, 0.5) is 0 Å². The van der Waals surface area contributed by atoms with Gasteiger partial charge < -0.3 is 28.4 Å². The highest BCUT2D eigenvalue weighted by Gasteiger charge is 2.15. The summed E-state index contributed by atoms with van der Waals surface area (Å²) in [5, 5.41) is 3.53. The molecule has 142 valence electrons. The highest BCUT2D eigenvalue weighted by molar-refractivity contribution is 4.65. The smallest absolute Gasteiger partial charge is 0.0869 e. The van der Waals surface area contributed by atoms with Gasteiger partial charge in [0.2, 0.25) is 0 Å². The molecule has 9 nitrogen and oxygen atoms in total. The van der Waals surface area contributed by atoms with Crippen LogP contribution in [0.1, 0.15) is 13.3 Å². The minimum absolute atomic E-state index is 0.0728. The van der Waals surface area contributed by atoms with Crippen LogP contribution in [0.25, 0.3) is 10.4 Å². The third-order valence-corrected chi connectivity index (χ3v) is 3.02. The van der Waals surface area contributed by atoms with E-state index in [1.54, 1.807) is 14.2 Å². The van der Waals surface area contributed by atoms with E-state index < -0.39 is 0 Å². The molecule has 0 amide bonds. The molecule has 0 aliphatic carbocycles. The average Bonchev–Trinajstić information content (AvgIpc) is 2.60. The van der Waals surface area contributed by atoms with Gasteiger partial charge >= 0.3 is 0 Å². The topological polar surface area (TPSA) is 104 Å². The lowest BCUT2D eigenvalue weighted by atomic mass is 10.2. The van der Waals surface area contributed by atoms with E-state index in [2.05, 4.69) is 10.0 Å². The molecule has 0 saturated carbocycles. The molecule has 0 aliphatic heterocycles. The first-order valence-electron chi connectivity index (χ1n) is 8.15. The van der Waals surface area contributed by atoms with Gasteiger partial charge in [-0.2, -0.15) is 0 Å². The molecule has 0 rings (SSSR count). The molecule has 0 heterocycles. The molecule has 0 aromatic rings. The lowest BCUT2D eigenvalue weighted by molar-refractivity contribution is -0.0827. The molecule has 24 heavy (non-hydrogen) atoms. The molecule has 0 N–H and O–H groups in total. The number of ether oxygens (including phenoxy) is 6. The van der Waals surface area contributed by atoms with Crippen molar-refractivity contribution in [2.45, 2.75) is 25.6 Å². The quantitative estimate of drug-likeness (QED) is 0.162. The maximum absolute atomic E-state index is 8.39. The van der Waals surface area contributed by atoms with E-state index in [-0.39, 0.29) is 18.8 Å². The van der Waals surface area contributed by atoms with Gasteiger partial charge in [-0.25, -0.2) is 0 Å². The minimum Gasteiger partial charge on any atom is -0.382 e. The van der Waals surface area contributed by atoms with Crippen molar-refractivity contribution in [3.8, 4) is 0 Å². The van der Waals surface area contributed by atoms with Gasteiger partial charge in [0.1, 0.15) is 0 Å². The molecule has 0 saturated heterocycles. The molecule has 9 heteroatoms. The van der Waals surface area contributed by atoms with E-state index in [9.17, 15) is 0 Å². The molecule has 2 unspecified atom stereocenters. The zero-order valence-corrected chi connectivity index (χ0v) is 15.0. The van der Waals surface area contributed by atoms with E-state index in [1.807, 2.05) is 6.92 Å². The molecular weight excluding hydrogens is 318 g/mol. The molecule has 0 aromatic carbocycles. The second-order valence-corrected chi connectivity index (χ2v) is 4.95. The van der Waals surface area contributed by atoms with Gasteiger partial charge in [-0.3, -0.25) is 0 Å². The summed E-state index contributed by atoms with van der Waals surface area (Å²) in [4.78, 5) is 2.74. The van der Waals surface area contributed by atoms with Gasteiger partial charge in [0, 0.05) is 19.1 Å². The summed E-state index contributed by atoms with van der Waals surface area (Å²) in [7, 11) is 3.22. The first kappa shape index (κ1) is 23.1. The molecular formula is C15H31N3O6. The molecule has 0 bridgehead atoms. The Bertz CT molecular complexity index is 316. The Kier molecular flexibility index (Phi) is 17.7. The van der Waals surface area contributed by atoms with Gasteiger partial charge in [-0.15, -0.1) is 0 Å². The zero-order valence-electron chi connectivity index (χ0n) is 15.0. The number of hydrogen-bond acceptors (Lipinski definition) is 7. The molecule has 2 atom stereocenters. The van der Waals surface area contributed by atoms with Crippen LogP contribution < -0.4 is 0 Å². The summed E-state index contributed by atoms with van der Waals surface area (Å²) in [6, 6.07) is 0. The van der Waals surface area contributed by atoms with E-state index in [0.717, 1.165) is 6.42 Å². The number of hydrogen-bond donors (Lipinski definition) is 0. The van der Waals surface area contributed by atoms with Gasteiger partial charge in [-0.05, 0) is 12.0 Å². The zero-order chi connectivity index (χ0) is 17.9. The fourth-order valence-corrected chi connectivity index (χ4v) is 1.77. The summed E-state index contributed by atoms with van der Waals surface area (Å²) >= 11 is 0. The molecule has 0 fully saturated rings. The predicted octanol–water partition coefficient (Wildman–Crippen LogP) is 1.80. The summed E-state index contributed by atoms with van der Waals surface area (Å²) in [6.45, 7) is 6.32. The summed E-state index contributed by atoms with van der Waals surface area (Å²) in [6.07, 6.45) is 0.460. The van der Waals surface area contributed by atoms with Crippen LogP contribution in [-0.2, 0) is 28.4 Å². The third-order valence-electron chi connectivity index (χ3n) is 3.02. The van der Waals surface area contributed by atoms with Crippen molar-refractivity contribution in [1.82, 2.24) is 0 Å². The van der Waals surface area contributed by atoms with Gasteiger partial charge in [-0.1, -0.05) is 12.0 Å². The van der Waals surface area contributed by atoms with Crippen molar-refractivity contribution >= 4 is 0 Å². The Balaban J connectivity index is 3.67. The number of methoxy groups -OCH3 is 2. The second kappa shape index (κ2) is 18.4. The highest BCUT2D eigenvalue weighted by atomic mass is 16.6. The van der Waals surface area contributed by atoms with Gasteiger partial charge in [0.15, 0.2) is 0 Å². The van der Waals surface area contributed by atoms with E-state index in [4.69, 9.17) is 34.0 Å². The lowest BCUT2D eigenvalue weighted by Crippen LogP contribution is -2.31. The van der Waals surface area contributed by atoms with Crippen molar-refractivity contribution in [3.05, 3.63) is 10.4 Å². The minimum atomic E-state index is -0.264. The van der Waals surface area contributed by atoms with Gasteiger partial charge in [0.25, 0.3) is 0 Å². The lowest BCUT2D eigenvalue weighted by Gasteiger charge is -2.22. The van der Waals surface area contributed by atoms with Crippen LogP contribution in [-0.4, -0.2) is 85.8 Å². The average molecular weight is 349 g/mol. The maximum Gasteiger partial charge on any atom is 0.0869 e. The molecule has 0 radical (unpaired) electrons. The van der Waals surface area contributed by atoms with E-state index in [0.29, 0.717) is 52.9 Å². The van der Waals surface area contributed by atoms with Crippen molar-refractivity contribution in [2.24, 2.45) is 5.11 Å². The largest absolute Gasteiger partial charge is 0.382 e. The predicted molar refractivity (Wildman–Crippen MR) is 89.2 cm³/mol. The first-order chi connectivity index (χ1) is 11.8. The number of rotatable bonds is 18. The Morgan fingerprint density at radius 2 is 1.46 bits per heavy atom. The number of nitrogens with zero attached hydrogens (tertiary/aromatic N) is 3. The SMILES string of the molecule is CCC(COCCOCCOCCOC)OC(CN=[N+]=[N-])COC. The Hall–Kier alpha value is -0.930. The van der Waals surface area contributed by atoms with Crippen molar-refractivity contribution < 1.29 is 28.4 Å². The maximum atomic E-state index is 8.39. The second-order valence-electron chi connectivity index (χ2n) is 4.95. The van der Waals surface area contributed by atoms with Crippen molar-refractivity contribution in [2.75, 3.05) is 73.6 Å². The van der Waals surface area contributed by atoms with E-state index in [1.165, 1.54) is 0 Å². The third kappa shape index (κ3) is 14.6. The standard InChI is InChI=1S/C15H31N3O6/c1-4-14(24-15(12-20-3)11-17-18-16)13-23-10-9-22-8-7-21-6-5-19-2/h14-15H,4-13H2,1-3H3. The van der Waals surface area contributed by atoms with Crippen LogP contribution in [0.15, 0.2) is 5.11 Å². The van der Waals surface area contributed by atoms with Crippen LogP contribution in [0.2, 0.25) is 0 Å².